The molecule has 150 valence electrons. The van der Waals surface area contributed by atoms with Crippen LogP contribution in [-0.2, 0) is 9.53 Å². The molecule has 3 N–H and O–H groups in total. The maximum Gasteiger partial charge on any atom is 0.342 e. The molecule has 7 nitrogen and oxygen atoms in total. The van der Waals surface area contributed by atoms with E-state index < -0.39 is 18.5 Å². The van der Waals surface area contributed by atoms with Crippen molar-refractivity contribution >= 4 is 45.6 Å². The van der Waals surface area contributed by atoms with Gasteiger partial charge in [-0.1, -0.05) is 11.6 Å². The van der Waals surface area contributed by atoms with Gasteiger partial charge in [-0.05, 0) is 30.3 Å². The lowest BCUT2D eigenvalue weighted by molar-refractivity contribution is -0.119. The smallest absolute Gasteiger partial charge is 0.342 e. The van der Waals surface area contributed by atoms with E-state index in [2.05, 4.69) is 10.3 Å². The third-order valence-electron chi connectivity index (χ3n) is 3.76. The Labute approximate surface area is 174 Å². The van der Waals surface area contributed by atoms with Crippen molar-refractivity contribution in [1.29, 1.82) is 0 Å². The second-order valence-electron chi connectivity index (χ2n) is 5.74. The number of nitrogen functional groups attached to an aromatic ring is 1. The number of hydrogen-bond donors (Lipinski definition) is 2. The average Bonchev–Trinajstić information content (AvgIpc) is 3.16. The number of aromatic nitrogens is 1. The molecule has 1 heterocycles. The second-order valence-corrected chi connectivity index (χ2v) is 7.01. The van der Waals surface area contributed by atoms with E-state index in [4.69, 9.17) is 26.8 Å². The van der Waals surface area contributed by atoms with E-state index in [0.717, 1.165) is 0 Å². The molecule has 10 heteroatoms. The summed E-state index contributed by atoms with van der Waals surface area (Å²) in [6.07, 6.45) is 0. The predicted molar refractivity (Wildman–Crippen MR) is 109 cm³/mol. The van der Waals surface area contributed by atoms with Crippen LogP contribution in [0.25, 0.3) is 11.3 Å². The number of hydrogen-bond acceptors (Lipinski definition) is 7. The molecule has 0 aliphatic heterocycles. The summed E-state index contributed by atoms with van der Waals surface area (Å²) in [5.74, 6) is -1.52. The minimum Gasteiger partial charge on any atom is -0.496 e. The molecule has 3 aromatic rings. The summed E-state index contributed by atoms with van der Waals surface area (Å²) in [6, 6.07) is 8.53. The number of nitrogens with zero attached hydrogens (tertiary/aromatic N) is 1. The predicted octanol–water partition coefficient (Wildman–Crippen LogP) is 3.99. The quantitative estimate of drug-likeness (QED) is 0.448. The molecular formula is C19H15ClFN3O4S. The molecule has 2 aromatic carbocycles. The van der Waals surface area contributed by atoms with Gasteiger partial charge in [0.05, 0.1) is 23.5 Å². The number of methoxy groups -OCH3 is 1. The fourth-order valence-corrected chi connectivity index (χ4v) is 3.25. The molecule has 0 saturated carbocycles. The Bertz CT molecular complexity index is 1060. The van der Waals surface area contributed by atoms with Crippen molar-refractivity contribution in [2.75, 3.05) is 24.8 Å². The molecular weight excluding hydrogens is 421 g/mol. The van der Waals surface area contributed by atoms with Gasteiger partial charge >= 0.3 is 5.97 Å². The number of thiazole rings is 1. The number of nitrogens with one attached hydrogen (secondary N) is 1. The number of amides is 1. The lowest BCUT2D eigenvalue weighted by Gasteiger charge is -2.10. The van der Waals surface area contributed by atoms with Crippen molar-refractivity contribution in [3.8, 4) is 17.0 Å². The Kier molecular flexibility index (Phi) is 6.30. The highest BCUT2D eigenvalue weighted by Crippen LogP contribution is 2.29. The first-order valence-corrected chi connectivity index (χ1v) is 9.44. The molecule has 0 fully saturated rings. The highest BCUT2D eigenvalue weighted by molar-refractivity contribution is 7.14. The molecule has 3 rings (SSSR count). The molecule has 0 aliphatic carbocycles. The Morgan fingerprint density at radius 2 is 2.00 bits per heavy atom. The van der Waals surface area contributed by atoms with E-state index in [1.807, 2.05) is 0 Å². The van der Waals surface area contributed by atoms with Crippen LogP contribution in [0.15, 0.2) is 41.8 Å². The topological polar surface area (TPSA) is 104 Å². The summed E-state index contributed by atoms with van der Waals surface area (Å²) < 4.78 is 23.1. The van der Waals surface area contributed by atoms with Gasteiger partial charge in [0.15, 0.2) is 11.7 Å². The zero-order valence-electron chi connectivity index (χ0n) is 15.1. The monoisotopic (exact) mass is 435 g/mol. The Morgan fingerprint density at radius 1 is 1.28 bits per heavy atom. The van der Waals surface area contributed by atoms with Gasteiger partial charge in [-0.2, -0.15) is 0 Å². The van der Waals surface area contributed by atoms with E-state index in [-0.39, 0.29) is 27.8 Å². The molecule has 0 atom stereocenters. The van der Waals surface area contributed by atoms with E-state index in [9.17, 15) is 14.0 Å². The van der Waals surface area contributed by atoms with Gasteiger partial charge in [0.25, 0.3) is 5.91 Å². The maximum absolute atomic E-state index is 13.0. The Hall–Kier alpha value is -3.17. The van der Waals surface area contributed by atoms with E-state index in [1.54, 1.807) is 17.5 Å². The van der Waals surface area contributed by atoms with Gasteiger partial charge in [0.2, 0.25) is 0 Å². The minimum absolute atomic E-state index is 0.0485. The molecule has 0 aliphatic rings. The molecule has 0 bridgehead atoms. The zero-order valence-corrected chi connectivity index (χ0v) is 16.6. The van der Waals surface area contributed by atoms with Crippen LogP contribution in [-0.4, -0.2) is 30.6 Å². The normalized spacial score (nSPS) is 10.4. The van der Waals surface area contributed by atoms with E-state index >= 15 is 0 Å². The van der Waals surface area contributed by atoms with Gasteiger partial charge in [-0.3, -0.25) is 10.1 Å². The number of rotatable bonds is 6. The van der Waals surface area contributed by atoms with Gasteiger partial charge in [-0.25, -0.2) is 14.2 Å². The standard InChI is InChI=1S/C19H15ClFN3O4S/c1-27-16-7-14(22)13(20)6-12(16)18(26)28-8-17(25)24-19-23-15(9-29-19)10-2-4-11(21)5-3-10/h2-7,9H,8,22H2,1H3,(H,23,24,25). The first-order valence-electron chi connectivity index (χ1n) is 8.19. The van der Waals surface area contributed by atoms with Gasteiger partial charge in [0, 0.05) is 17.0 Å². The fraction of sp³-hybridized carbons (Fsp3) is 0.105. The van der Waals surface area contributed by atoms with Crippen LogP contribution in [0.3, 0.4) is 0 Å². The van der Waals surface area contributed by atoms with Crippen LogP contribution in [0.5, 0.6) is 5.75 Å². The van der Waals surface area contributed by atoms with Crippen molar-refractivity contribution in [2.45, 2.75) is 0 Å². The van der Waals surface area contributed by atoms with Crippen LogP contribution >= 0.6 is 22.9 Å². The van der Waals surface area contributed by atoms with E-state index in [0.29, 0.717) is 16.4 Å². The SMILES string of the molecule is COc1cc(N)c(Cl)cc1C(=O)OCC(=O)Nc1nc(-c2ccc(F)cc2)cs1. The number of benzene rings is 2. The van der Waals surface area contributed by atoms with Crippen LogP contribution < -0.4 is 15.8 Å². The lowest BCUT2D eigenvalue weighted by atomic mass is 10.2. The van der Waals surface area contributed by atoms with Crippen LogP contribution in [0, 0.1) is 5.82 Å². The maximum atomic E-state index is 13.0. The van der Waals surface area contributed by atoms with Crippen molar-refractivity contribution in [1.82, 2.24) is 4.98 Å². The number of halogens is 2. The minimum atomic E-state index is -0.787. The number of carbonyl (C=O) groups is 2. The fourth-order valence-electron chi connectivity index (χ4n) is 2.35. The number of esters is 1. The van der Waals surface area contributed by atoms with Crippen molar-refractivity contribution < 1.29 is 23.5 Å². The molecule has 0 saturated heterocycles. The highest BCUT2D eigenvalue weighted by Gasteiger charge is 2.18. The number of ether oxygens (including phenoxy) is 2. The Balaban J connectivity index is 1.60. The highest BCUT2D eigenvalue weighted by atomic mass is 35.5. The summed E-state index contributed by atoms with van der Waals surface area (Å²) in [5, 5.41) is 4.74. The van der Waals surface area contributed by atoms with Crippen LogP contribution in [0.1, 0.15) is 10.4 Å². The van der Waals surface area contributed by atoms with Crippen molar-refractivity contribution in [3.63, 3.8) is 0 Å². The zero-order chi connectivity index (χ0) is 21.0. The summed E-state index contributed by atoms with van der Waals surface area (Å²) in [7, 11) is 1.37. The first kappa shape index (κ1) is 20.6. The summed E-state index contributed by atoms with van der Waals surface area (Å²) in [5.41, 5.74) is 7.27. The largest absolute Gasteiger partial charge is 0.496 e. The second kappa shape index (κ2) is 8.89. The van der Waals surface area contributed by atoms with Crippen molar-refractivity contribution in [3.05, 3.63) is 58.2 Å². The van der Waals surface area contributed by atoms with Crippen LogP contribution in [0.2, 0.25) is 5.02 Å². The Morgan fingerprint density at radius 3 is 2.69 bits per heavy atom. The number of anilines is 2. The first-order chi connectivity index (χ1) is 13.9. The summed E-state index contributed by atoms with van der Waals surface area (Å²) >= 11 is 7.11. The molecule has 1 amide bonds. The summed E-state index contributed by atoms with van der Waals surface area (Å²) in [6.45, 7) is -0.532. The van der Waals surface area contributed by atoms with E-state index in [1.165, 1.54) is 42.7 Å². The lowest BCUT2D eigenvalue weighted by Crippen LogP contribution is -2.21. The molecule has 0 radical (unpaired) electrons. The van der Waals surface area contributed by atoms with Gasteiger partial charge < -0.3 is 15.2 Å². The number of carbonyl (C=O) groups excluding carboxylic acids is 2. The van der Waals surface area contributed by atoms with Crippen LogP contribution in [0.4, 0.5) is 15.2 Å². The third-order valence-corrected chi connectivity index (χ3v) is 4.85. The third kappa shape index (κ3) is 5.01. The summed E-state index contributed by atoms with van der Waals surface area (Å²) in [4.78, 5) is 28.6. The molecule has 29 heavy (non-hydrogen) atoms. The molecule has 1 aromatic heterocycles. The number of nitrogens with two attached hydrogens (primary N) is 1. The van der Waals surface area contributed by atoms with Gasteiger partial charge in [-0.15, -0.1) is 11.3 Å². The molecule has 0 unspecified atom stereocenters. The van der Waals surface area contributed by atoms with Gasteiger partial charge in [0.1, 0.15) is 17.1 Å². The van der Waals surface area contributed by atoms with Crippen molar-refractivity contribution in [2.24, 2.45) is 0 Å². The average molecular weight is 436 g/mol. The molecule has 0 spiro atoms.